The van der Waals surface area contributed by atoms with E-state index in [9.17, 15) is 9.59 Å². The average molecular weight is 313 g/mol. The molecule has 0 saturated carbocycles. The fourth-order valence-electron chi connectivity index (χ4n) is 2.08. The third-order valence-electron chi connectivity index (χ3n) is 3.08. The van der Waals surface area contributed by atoms with E-state index in [-0.39, 0.29) is 12.5 Å². The quantitative estimate of drug-likeness (QED) is 0.723. The Morgan fingerprint density at radius 1 is 1.33 bits per heavy atom. The molecule has 0 aliphatic heterocycles. The van der Waals surface area contributed by atoms with Crippen molar-refractivity contribution in [2.24, 2.45) is 0 Å². The lowest BCUT2D eigenvalue weighted by molar-refractivity contribution is -0.139. The van der Waals surface area contributed by atoms with Crippen LogP contribution in [0.1, 0.15) is 30.9 Å². The van der Waals surface area contributed by atoms with Gasteiger partial charge in [-0.05, 0) is 37.5 Å². The van der Waals surface area contributed by atoms with Gasteiger partial charge in [0.25, 0.3) is 0 Å². The van der Waals surface area contributed by atoms with Crippen LogP contribution < -0.4 is 10.6 Å². The van der Waals surface area contributed by atoms with E-state index in [0.717, 1.165) is 17.5 Å². The molecule has 0 aromatic heterocycles. The van der Waals surface area contributed by atoms with E-state index in [1.165, 1.54) is 0 Å². The van der Waals surface area contributed by atoms with Gasteiger partial charge in [-0.3, -0.25) is 14.9 Å². The Morgan fingerprint density at radius 2 is 2.00 bits per heavy atom. The number of hydrogen-bond donors (Lipinski definition) is 3. The van der Waals surface area contributed by atoms with Crippen molar-refractivity contribution < 1.29 is 14.7 Å². The molecule has 1 amide bonds. The van der Waals surface area contributed by atoms with E-state index in [1.807, 2.05) is 26.8 Å². The van der Waals surface area contributed by atoms with Crippen LogP contribution in [0.25, 0.3) is 0 Å². The van der Waals surface area contributed by atoms with Crippen molar-refractivity contribution in [2.75, 3.05) is 11.9 Å². The Kier molecular flexibility index (Phi) is 6.65. The maximum atomic E-state index is 11.9. The molecule has 0 saturated heterocycles. The first-order chi connectivity index (χ1) is 9.85. The molecule has 6 heteroatoms. The summed E-state index contributed by atoms with van der Waals surface area (Å²) in [6, 6.07) is 2.98. The second kappa shape index (κ2) is 8.00. The number of aryl methyl sites for hydroxylation is 2. The average Bonchev–Trinajstić information content (AvgIpc) is 2.38. The normalized spacial score (nSPS) is 12.0. The lowest BCUT2D eigenvalue weighted by Crippen LogP contribution is -2.41. The molecule has 1 rings (SSSR count). The van der Waals surface area contributed by atoms with Gasteiger partial charge < -0.3 is 10.4 Å². The number of carboxylic acids is 1. The summed E-state index contributed by atoms with van der Waals surface area (Å²) in [6.07, 6.45) is 1.21. The van der Waals surface area contributed by atoms with Crippen molar-refractivity contribution >= 4 is 29.2 Å². The fraction of sp³-hybridized carbons (Fsp3) is 0.467. The molecule has 1 aromatic rings. The SMILES string of the molecule is CCCC(NCC(=O)Nc1c(C)cc(C)cc1Cl)C(=O)O. The molecule has 0 radical (unpaired) electrons. The standard InChI is InChI=1S/C15H21ClN2O3/c1-4-5-12(15(20)21)17-8-13(19)18-14-10(3)6-9(2)7-11(14)16/h6-7,12,17H,4-5,8H2,1-3H3,(H,18,19)(H,20,21). The molecular formula is C15H21ClN2O3. The monoisotopic (exact) mass is 312 g/mol. The summed E-state index contributed by atoms with van der Waals surface area (Å²) >= 11 is 6.11. The zero-order valence-corrected chi connectivity index (χ0v) is 13.3. The number of halogens is 1. The maximum Gasteiger partial charge on any atom is 0.320 e. The number of benzene rings is 1. The molecule has 0 bridgehead atoms. The number of amides is 1. The predicted octanol–water partition coefficient (Wildman–Crippen LogP) is 2.74. The highest BCUT2D eigenvalue weighted by atomic mass is 35.5. The van der Waals surface area contributed by atoms with Crippen LogP contribution >= 0.6 is 11.6 Å². The minimum Gasteiger partial charge on any atom is -0.480 e. The van der Waals surface area contributed by atoms with Crippen LogP contribution in [0.3, 0.4) is 0 Å². The van der Waals surface area contributed by atoms with Gasteiger partial charge in [-0.15, -0.1) is 0 Å². The van der Waals surface area contributed by atoms with Gasteiger partial charge in [0, 0.05) is 0 Å². The van der Waals surface area contributed by atoms with Crippen LogP contribution in [0.4, 0.5) is 5.69 Å². The lowest BCUT2D eigenvalue weighted by Gasteiger charge is -2.15. The van der Waals surface area contributed by atoms with Crippen LogP contribution in [0.15, 0.2) is 12.1 Å². The van der Waals surface area contributed by atoms with Gasteiger partial charge in [0.15, 0.2) is 0 Å². The van der Waals surface area contributed by atoms with Gasteiger partial charge in [-0.25, -0.2) is 0 Å². The Bertz CT molecular complexity index is 509. The summed E-state index contributed by atoms with van der Waals surface area (Å²) in [5, 5.41) is 14.9. The van der Waals surface area contributed by atoms with Gasteiger partial charge in [0.05, 0.1) is 17.3 Å². The second-order valence-electron chi connectivity index (χ2n) is 5.05. The largest absolute Gasteiger partial charge is 0.480 e. The highest BCUT2D eigenvalue weighted by molar-refractivity contribution is 6.34. The van der Waals surface area contributed by atoms with Gasteiger partial charge >= 0.3 is 5.97 Å². The zero-order valence-electron chi connectivity index (χ0n) is 12.5. The maximum absolute atomic E-state index is 11.9. The molecule has 116 valence electrons. The molecule has 1 atom stereocenters. The summed E-state index contributed by atoms with van der Waals surface area (Å²) in [5.74, 6) is -1.26. The number of hydrogen-bond acceptors (Lipinski definition) is 3. The number of aliphatic carboxylic acids is 1. The molecule has 0 spiro atoms. The Balaban J connectivity index is 2.64. The number of nitrogens with one attached hydrogen (secondary N) is 2. The fourth-order valence-corrected chi connectivity index (χ4v) is 2.44. The van der Waals surface area contributed by atoms with E-state index in [2.05, 4.69) is 10.6 Å². The molecule has 3 N–H and O–H groups in total. The van der Waals surface area contributed by atoms with Crippen LogP contribution in [0.5, 0.6) is 0 Å². The highest BCUT2D eigenvalue weighted by Gasteiger charge is 2.17. The summed E-state index contributed by atoms with van der Waals surface area (Å²) < 4.78 is 0. The number of rotatable bonds is 7. The van der Waals surface area contributed by atoms with E-state index in [1.54, 1.807) is 6.07 Å². The van der Waals surface area contributed by atoms with Crippen LogP contribution in [0.2, 0.25) is 5.02 Å². The molecule has 1 aromatic carbocycles. The molecule has 0 aliphatic rings. The van der Waals surface area contributed by atoms with Crippen molar-refractivity contribution in [3.63, 3.8) is 0 Å². The Hall–Kier alpha value is -1.59. The number of carbonyl (C=O) groups excluding carboxylic acids is 1. The third-order valence-corrected chi connectivity index (χ3v) is 3.38. The van der Waals surface area contributed by atoms with E-state index >= 15 is 0 Å². The Labute approximate surface area is 129 Å². The van der Waals surface area contributed by atoms with Crippen molar-refractivity contribution in [1.29, 1.82) is 0 Å². The van der Waals surface area contributed by atoms with Crippen molar-refractivity contribution in [1.82, 2.24) is 5.32 Å². The smallest absolute Gasteiger partial charge is 0.320 e. The number of anilines is 1. The summed E-state index contributed by atoms with van der Waals surface area (Å²) in [4.78, 5) is 22.9. The van der Waals surface area contributed by atoms with Crippen LogP contribution in [-0.2, 0) is 9.59 Å². The van der Waals surface area contributed by atoms with Crippen LogP contribution in [-0.4, -0.2) is 29.6 Å². The number of carbonyl (C=O) groups is 2. The highest BCUT2D eigenvalue weighted by Crippen LogP contribution is 2.27. The molecule has 0 heterocycles. The predicted molar refractivity (Wildman–Crippen MR) is 83.9 cm³/mol. The first-order valence-electron chi connectivity index (χ1n) is 6.88. The van der Waals surface area contributed by atoms with Crippen molar-refractivity contribution in [2.45, 2.75) is 39.7 Å². The van der Waals surface area contributed by atoms with Gasteiger partial charge in [-0.1, -0.05) is 31.0 Å². The van der Waals surface area contributed by atoms with E-state index in [4.69, 9.17) is 16.7 Å². The molecule has 21 heavy (non-hydrogen) atoms. The second-order valence-corrected chi connectivity index (χ2v) is 5.45. The minimum absolute atomic E-state index is 0.0688. The molecule has 5 nitrogen and oxygen atoms in total. The van der Waals surface area contributed by atoms with E-state index in [0.29, 0.717) is 17.1 Å². The third kappa shape index (κ3) is 5.36. The van der Waals surface area contributed by atoms with Crippen LogP contribution in [0, 0.1) is 13.8 Å². The zero-order chi connectivity index (χ0) is 16.0. The Morgan fingerprint density at radius 3 is 2.52 bits per heavy atom. The van der Waals surface area contributed by atoms with Crippen molar-refractivity contribution in [3.8, 4) is 0 Å². The first kappa shape index (κ1) is 17.5. The summed E-state index contributed by atoms with van der Waals surface area (Å²) in [7, 11) is 0. The molecule has 0 aliphatic carbocycles. The molecule has 1 unspecified atom stereocenters. The van der Waals surface area contributed by atoms with Gasteiger partial charge in [0.1, 0.15) is 6.04 Å². The summed E-state index contributed by atoms with van der Waals surface area (Å²) in [6.45, 7) is 5.61. The molecule has 0 fully saturated rings. The van der Waals surface area contributed by atoms with Gasteiger partial charge in [-0.2, -0.15) is 0 Å². The summed E-state index contributed by atoms with van der Waals surface area (Å²) in [5.41, 5.74) is 2.45. The molecular weight excluding hydrogens is 292 g/mol. The topological polar surface area (TPSA) is 78.4 Å². The van der Waals surface area contributed by atoms with Gasteiger partial charge in [0.2, 0.25) is 5.91 Å². The minimum atomic E-state index is -0.950. The first-order valence-corrected chi connectivity index (χ1v) is 7.25. The lowest BCUT2D eigenvalue weighted by atomic mass is 10.1. The number of carboxylic acid groups (broad SMARTS) is 1. The van der Waals surface area contributed by atoms with E-state index < -0.39 is 12.0 Å². The van der Waals surface area contributed by atoms with Crippen molar-refractivity contribution in [3.05, 3.63) is 28.3 Å².